The Balaban J connectivity index is 1.94. The molecule has 1 amide bonds. The van der Waals surface area contributed by atoms with Crippen LogP contribution in [0.15, 0.2) is 24.3 Å². The van der Waals surface area contributed by atoms with E-state index < -0.39 is 15.3 Å². The van der Waals surface area contributed by atoms with Gasteiger partial charge in [0.15, 0.2) is 9.84 Å². The van der Waals surface area contributed by atoms with E-state index >= 15 is 0 Å². The van der Waals surface area contributed by atoms with Gasteiger partial charge in [0.2, 0.25) is 5.91 Å². The van der Waals surface area contributed by atoms with Crippen LogP contribution in [0.3, 0.4) is 0 Å². The zero-order valence-corrected chi connectivity index (χ0v) is 13.6. The highest BCUT2D eigenvalue weighted by Crippen LogP contribution is 2.65. The number of benzene rings is 1. The van der Waals surface area contributed by atoms with Crippen molar-refractivity contribution in [3.05, 3.63) is 35.6 Å². The largest absolute Gasteiger partial charge is 0.340 e. The predicted molar refractivity (Wildman–Crippen MR) is 81.7 cm³/mol. The van der Waals surface area contributed by atoms with E-state index in [1.54, 1.807) is 23.1 Å². The average Bonchev–Trinajstić information content (AvgIpc) is 3.02. The molecule has 1 atom stereocenters. The number of sulfone groups is 1. The third-order valence-corrected chi connectivity index (χ3v) is 6.68. The predicted octanol–water partition coefficient (Wildman–Crippen LogP) is 1.75. The van der Waals surface area contributed by atoms with Gasteiger partial charge in [-0.3, -0.25) is 4.79 Å². The lowest BCUT2D eigenvalue weighted by Gasteiger charge is -2.32. The van der Waals surface area contributed by atoms with Gasteiger partial charge in [-0.05, 0) is 17.9 Å². The maximum absolute atomic E-state index is 14.3. The van der Waals surface area contributed by atoms with Crippen molar-refractivity contribution in [3.63, 3.8) is 0 Å². The fourth-order valence-electron chi connectivity index (χ4n) is 3.55. The molecular weight excluding hydrogens is 305 g/mol. The quantitative estimate of drug-likeness (QED) is 0.832. The molecule has 1 saturated heterocycles. The van der Waals surface area contributed by atoms with Crippen molar-refractivity contribution in [1.29, 1.82) is 0 Å². The summed E-state index contributed by atoms with van der Waals surface area (Å²) in [6, 6.07) is 6.39. The zero-order chi connectivity index (χ0) is 16.2. The van der Waals surface area contributed by atoms with Gasteiger partial charge in [-0.15, -0.1) is 0 Å². The van der Waals surface area contributed by atoms with Crippen LogP contribution in [0.5, 0.6) is 0 Å². The number of nitrogens with zero attached hydrogens (tertiary/aromatic N) is 1. The van der Waals surface area contributed by atoms with E-state index in [0.29, 0.717) is 12.0 Å². The van der Waals surface area contributed by atoms with E-state index in [1.165, 1.54) is 6.07 Å². The highest BCUT2D eigenvalue weighted by atomic mass is 32.2. The summed E-state index contributed by atoms with van der Waals surface area (Å²) in [6.45, 7) is 4.32. The fraction of sp³-hybridized carbons (Fsp3) is 0.562. The number of rotatable bonds is 2. The molecule has 1 aliphatic heterocycles. The molecule has 4 nitrogen and oxygen atoms in total. The Labute approximate surface area is 130 Å². The molecule has 120 valence electrons. The Hall–Kier alpha value is -1.43. The molecule has 0 radical (unpaired) electrons. The monoisotopic (exact) mass is 325 g/mol. The number of halogens is 1. The molecule has 1 heterocycles. The molecule has 2 aliphatic rings. The average molecular weight is 325 g/mol. The topological polar surface area (TPSA) is 54.5 Å². The summed E-state index contributed by atoms with van der Waals surface area (Å²) >= 11 is 0. The third kappa shape index (κ3) is 2.24. The van der Waals surface area contributed by atoms with Gasteiger partial charge in [0, 0.05) is 18.7 Å². The lowest BCUT2D eigenvalue weighted by molar-refractivity contribution is -0.134. The number of carbonyl (C=O) groups excluding carboxylic acids is 1. The van der Waals surface area contributed by atoms with Crippen LogP contribution >= 0.6 is 0 Å². The van der Waals surface area contributed by atoms with E-state index in [2.05, 4.69) is 0 Å². The number of amides is 1. The Morgan fingerprint density at radius 2 is 1.73 bits per heavy atom. The minimum Gasteiger partial charge on any atom is -0.340 e. The van der Waals surface area contributed by atoms with Crippen molar-refractivity contribution in [1.82, 2.24) is 4.90 Å². The second-order valence-electron chi connectivity index (χ2n) is 6.89. The third-order valence-electron chi connectivity index (χ3n) is 5.07. The van der Waals surface area contributed by atoms with E-state index in [0.717, 1.165) is 0 Å². The van der Waals surface area contributed by atoms with E-state index in [9.17, 15) is 17.6 Å². The molecule has 0 spiro atoms. The van der Waals surface area contributed by atoms with Gasteiger partial charge in [-0.25, -0.2) is 12.8 Å². The summed E-state index contributed by atoms with van der Waals surface area (Å²) in [5.74, 6) is -0.525. The van der Waals surface area contributed by atoms with Crippen LogP contribution in [0.2, 0.25) is 0 Å². The maximum Gasteiger partial charge on any atom is 0.233 e. The second-order valence-corrected chi connectivity index (χ2v) is 9.19. The Morgan fingerprint density at radius 3 is 2.23 bits per heavy atom. The van der Waals surface area contributed by atoms with Gasteiger partial charge >= 0.3 is 0 Å². The molecule has 0 bridgehead atoms. The molecule has 1 saturated carbocycles. The van der Waals surface area contributed by atoms with Crippen LogP contribution in [-0.4, -0.2) is 43.8 Å². The van der Waals surface area contributed by atoms with E-state index in [4.69, 9.17) is 0 Å². The van der Waals surface area contributed by atoms with E-state index in [-0.39, 0.29) is 41.7 Å². The molecule has 2 fully saturated rings. The van der Waals surface area contributed by atoms with Gasteiger partial charge in [-0.1, -0.05) is 32.0 Å². The van der Waals surface area contributed by atoms with Crippen molar-refractivity contribution >= 4 is 15.7 Å². The smallest absolute Gasteiger partial charge is 0.233 e. The maximum atomic E-state index is 14.3. The molecule has 1 aromatic carbocycles. The Morgan fingerprint density at radius 1 is 1.18 bits per heavy atom. The summed E-state index contributed by atoms with van der Waals surface area (Å²) in [6.07, 6.45) is 0.586. The number of carbonyl (C=O) groups is 1. The Bertz CT molecular complexity index is 715. The number of hydrogen-bond donors (Lipinski definition) is 0. The molecular formula is C16H20FNO3S. The minimum absolute atomic E-state index is 0.00742. The second kappa shape index (κ2) is 4.78. The fourth-order valence-corrected chi connectivity index (χ4v) is 4.75. The zero-order valence-electron chi connectivity index (χ0n) is 12.8. The first-order chi connectivity index (χ1) is 10.2. The summed E-state index contributed by atoms with van der Waals surface area (Å²) in [5, 5.41) is 0. The van der Waals surface area contributed by atoms with Gasteiger partial charge in [0.25, 0.3) is 0 Å². The summed E-state index contributed by atoms with van der Waals surface area (Å²) in [4.78, 5) is 14.6. The molecule has 0 aromatic heterocycles. The highest BCUT2D eigenvalue weighted by Gasteiger charge is 2.68. The highest BCUT2D eigenvalue weighted by molar-refractivity contribution is 7.91. The number of hydrogen-bond acceptors (Lipinski definition) is 3. The summed E-state index contributed by atoms with van der Waals surface area (Å²) in [5.41, 5.74) is -0.749. The van der Waals surface area contributed by atoms with Crippen molar-refractivity contribution in [2.24, 2.45) is 5.41 Å². The van der Waals surface area contributed by atoms with Gasteiger partial charge < -0.3 is 4.90 Å². The first-order valence-corrected chi connectivity index (χ1v) is 9.27. The normalized spacial score (nSPS) is 29.1. The standard InChI is InChI=1S/C16H20FNO3S/c1-15(2)11-16(15,12-5-3-4-6-13(12)17)14(19)18-7-9-22(20,21)10-8-18/h3-6H,7-11H2,1-2H3/t16-/m1/s1. The molecule has 3 rings (SSSR count). The summed E-state index contributed by atoms with van der Waals surface area (Å²) in [7, 11) is -3.04. The molecule has 0 unspecified atom stereocenters. The van der Waals surface area contributed by atoms with Crippen molar-refractivity contribution in [2.45, 2.75) is 25.7 Å². The lowest BCUT2D eigenvalue weighted by atomic mass is 9.86. The first kappa shape index (κ1) is 15.5. The lowest BCUT2D eigenvalue weighted by Crippen LogP contribution is -2.49. The minimum atomic E-state index is -3.04. The van der Waals surface area contributed by atoms with Crippen molar-refractivity contribution in [2.75, 3.05) is 24.6 Å². The molecule has 0 N–H and O–H groups in total. The van der Waals surface area contributed by atoms with Gasteiger partial charge in [-0.2, -0.15) is 0 Å². The van der Waals surface area contributed by atoms with Crippen LogP contribution in [0.4, 0.5) is 4.39 Å². The summed E-state index contributed by atoms with van der Waals surface area (Å²) < 4.78 is 37.3. The van der Waals surface area contributed by atoms with Crippen LogP contribution in [0, 0.1) is 11.2 Å². The molecule has 1 aromatic rings. The van der Waals surface area contributed by atoms with Crippen LogP contribution in [0.25, 0.3) is 0 Å². The molecule has 1 aliphatic carbocycles. The van der Waals surface area contributed by atoms with Crippen LogP contribution in [0.1, 0.15) is 25.8 Å². The molecule has 6 heteroatoms. The van der Waals surface area contributed by atoms with Crippen LogP contribution in [-0.2, 0) is 20.0 Å². The van der Waals surface area contributed by atoms with Crippen molar-refractivity contribution < 1.29 is 17.6 Å². The van der Waals surface area contributed by atoms with Gasteiger partial charge in [0.05, 0.1) is 16.9 Å². The van der Waals surface area contributed by atoms with Crippen LogP contribution < -0.4 is 0 Å². The Kier molecular flexibility index (Phi) is 3.36. The molecule has 22 heavy (non-hydrogen) atoms. The van der Waals surface area contributed by atoms with E-state index in [1.807, 2.05) is 13.8 Å². The van der Waals surface area contributed by atoms with Crippen molar-refractivity contribution in [3.8, 4) is 0 Å². The van der Waals surface area contributed by atoms with Gasteiger partial charge in [0.1, 0.15) is 5.82 Å². The first-order valence-electron chi connectivity index (χ1n) is 7.44. The SMILES string of the molecule is CC1(C)C[C@]1(C(=O)N1CCS(=O)(=O)CC1)c1ccccc1F.